The van der Waals surface area contributed by atoms with Crippen molar-refractivity contribution in [3.05, 3.63) is 62.5 Å². The van der Waals surface area contributed by atoms with Crippen molar-refractivity contribution in [1.29, 1.82) is 5.26 Å². The second-order valence-corrected chi connectivity index (χ2v) is 7.66. The van der Waals surface area contributed by atoms with Crippen LogP contribution in [0.25, 0.3) is 6.08 Å². The molecular formula is C16H11Cl2NO4S. The minimum Gasteiger partial charge on any atom is -0.508 e. The predicted octanol–water partition coefficient (Wildman–Crippen LogP) is 3.88. The van der Waals surface area contributed by atoms with Gasteiger partial charge in [0.2, 0.25) is 0 Å². The molecule has 2 aromatic rings. The van der Waals surface area contributed by atoms with Crippen LogP contribution in [0, 0.1) is 11.3 Å². The van der Waals surface area contributed by atoms with Gasteiger partial charge < -0.3 is 10.2 Å². The normalized spacial score (nSPS) is 12.0. The van der Waals surface area contributed by atoms with Gasteiger partial charge in [-0.25, -0.2) is 8.42 Å². The van der Waals surface area contributed by atoms with Gasteiger partial charge in [-0.3, -0.25) is 0 Å². The molecule has 0 aliphatic carbocycles. The summed E-state index contributed by atoms with van der Waals surface area (Å²) < 4.78 is 24.9. The Bertz CT molecular complexity index is 963. The maximum atomic E-state index is 12.4. The number of hydrogen-bond acceptors (Lipinski definition) is 5. The number of halogens is 2. The molecule has 2 aromatic carbocycles. The quantitative estimate of drug-likeness (QED) is 0.780. The molecule has 0 saturated heterocycles. The second-order valence-electron chi connectivity index (χ2n) is 4.86. The van der Waals surface area contributed by atoms with E-state index in [2.05, 4.69) is 0 Å². The molecule has 0 bridgehead atoms. The van der Waals surface area contributed by atoms with Crippen LogP contribution in [0.2, 0.25) is 10.0 Å². The highest BCUT2D eigenvalue weighted by molar-refractivity contribution is 7.95. The lowest BCUT2D eigenvalue weighted by Crippen LogP contribution is -2.07. The number of hydrogen-bond donors (Lipinski definition) is 2. The van der Waals surface area contributed by atoms with Gasteiger partial charge in [-0.05, 0) is 35.9 Å². The average molecular weight is 384 g/mol. The van der Waals surface area contributed by atoms with Crippen molar-refractivity contribution in [2.75, 3.05) is 0 Å². The van der Waals surface area contributed by atoms with Gasteiger partial charge in [-0.2, -0.15) is 5.26 Å². The Hall–Kier alpha value is -2.20. The summed E-state index contributed by atoms with van der Waals surface area (Å²) in [5.41, 5.74) is 0.396. The summed E-state index contributed by atoms with van der Waals surface area (Å²) >= 11 is 11.7. The minimum absolute atomic E-state index is 0.0927. The van der Waals surface area contributed by atoms with E-state index in [1.54, 1.807) is 6.07 Å². The van der Waals surface area contributed by atoms with E-state index in [9.17, 15) is 23.9 Å². The first-order chi connectivity index (χ1) is 11.2. The third-order valence-electron chi connectivity index (χ3n) is 3.11. The van der Waals surface area contributed by atoms with Crippen molar-refractivity contribution >= 4 is 39.1 Å². The van der Waals surface area contributed by atoms with Crippen LogP contribution in [0.4, 0.5) is 0 Å². The molecule has 2 N–H and O–H groups in total. The highest BCUT2D eigenvalue weighted by Crippen LogP contribution is 2.28. The summed E-state index contributed by atoms with van der Waals surface area (Å²) in [6.07, 6.45) is 1.04. The van der Waals surface area contributed by atoms with Crippen molar-refractivity contribution < 1.29 is 18.6 Å². The molecule has 0 heterocycles. The van der Waals surface area contributed by atoms with Gasteiger partial charge in [0.05, 0.1) is 5.75 Å². The van der Waals surface area contributed by atoms with Gasteiger partial charge in [0.25, 0.3) is 0 Å². The Balaban J connectivity index is 2.41. The summed E-state index contributed by atoms with van der Waals surface area (Å²) in [6.45, 7) is 0. The molecule has 124 valence electrons. The zero-order valence-electron chi connectivity index (χ0n) is 12.1. The monoisotopic (exact) mass is 383 g/mol. The van der Waals surface area contributed by atoms with Gasteiger partial charge in [0, 0.05) is 21.7 Å². The molecule has 8 heteroatoms. The fraction of sp³-hybridized carbons (Fsp3) is 0.0625. The van der Waals surface area contributed by atoms with Crippen LogP contribution in [-0.2, 0) is 15.6 Å². The molecule has 0 radical (unpaired) electrons. The molecule has 0 aliphatic heterocycles. The first kappa shape index (κ1) is 18.1. The fourth-order valence-electron chi connectivity index (χ4n) is 1.91. The van der Waals surface area contributed by atoms with Gasteiger partial charge in [-0.15, -0.1) is 0 Å². The van der Waals surface area contributed by atoms with E-state index in [1.165, 1.54) is 30.3 Å². The van der Waals surface area contributed by atoms with E-state index in [0.717, 1.165) is 12.1 Å². The van der Waals surface area contributed by atoms with Gasteiger partial charge in [-0.1, -0.05) is 29.3 Å². The number of allylic oxidation sites excluding steroid dienone is 1. The Labute approximate surface area is 148 Å². The maximum Gasteiger partial charge on any atom is 0.192 e. The van der Waals surface area contributed by atoms with E-state index < -0.39 is 20.5 Å². The highest BCUT2D eigenvalue weighted by atomic mass is 35.5. The molecule has 0 amide bonds. The van der Waals surface area contributed by atoms with E-state index in [0.29, 0.717) is 10.6 Å². The van der Waals surface area contributed by atoms with Crippen LogP contribution in [-0.4, -0.2) is 18.6 Å². The van der Waals surface area contributed by atoms with Crippen LogP contribution in [0.1, 0.15) is 11.1 Å². The summed E-state index contributed by atoms with van der Waals surface area (Å²) in [6, 6.07) is 9.60. The van der Waals surface area contributed by atoms with Crippen LogP contribution < -0.4 is 0 Å². The van der Waals surface area contributed by atoms with Crippen LogP contribution >= 0.6 is 23.2 Å². The third-order valence-corrected chi connectivity index (χ3v) is 5.26. The smallest absolute Gasteiger partial charge is 0.192 e. The van der Waals surface area contributed by atoms with Crippen LogP contribution in [0.3, 0.4) is 0 Å². The molecule has 0 aromatic heterocycles. The molecule has 0 atom stereocenters. The summed E-state index contributed by atoms with van der Waals surface area (Å²) in [5, 5.41) is 28.7. The zero-order chi connectivity index (χ0) is 17.9. The van der Waals surface area contributed by atoms with E-state index in [1.807, 2.05) is 0 Å². The predicted molar refractivity (Wildman–Crippen MR) is 92.4 cm³/mol. The lowest BCUT2D eigenvalue weighted by atomic mass is 10.2. The van der Waals surface area contributed by atoms with Crippen molar-refractivity contribution in [3.8, 4) is 17.6 Å². The fourth-order valence-corrected chi connectivity index (χ4v) is 3.72. The van der Waals surface area contributed by atoms with Crippen molar-refractivity contribution in [3.63, 3.8) is 0 Å². The van der Waals surface area contributed by atoms with Gasteiger partial charge >= 0.3 is 0 Å². The highest BCUT2D eigenvalue weighted by Gasteiger charge is 2.21. The molecule has 2 rings (SSSR count). The molecule has 0 saturated carbocycles. The maximum absolute atomic E-state index is 12.4. The SMILES string of the molecule is N#CC(=Cc1ccc(O)cc1O)S(=O)(=O)Cc1ccc(Cl)cc1Cl. The topological polar surface area (TPSA) is 98.4 Å². The molecule has 24 heavy (non-hydrogen) atoms. The number of nitrogens with zero attached hydrogens (tertiary/aromatic N) is 1. The van der Waals surface area contributed by atoms with Crippen molar-refractivity contribution in [2.24, 2.45) is 0 Å². The number of nitriles is 1. The zero-order valence-corrected chi connectivity index (χ0v) is 14.4. The Morgan fingerprint density at radius 3 is 2.46 bits per heavy atom. The average Bonchev–Trinajstić information content (AvgIpc) is 2.49. The Morgan fingerprint density at radius 1 is 1.17 bits per heavy atom. The molecule has 0 unspecified atom stereocenters. The van der Waals surface area contributed by atoms with Crippen LogP contribution in [0.5, 0.6) is 11.5 Å². The number of phenolic OH excluding ortho intramolecular Hbond substituents is 2. The summed E-state index contributed by atoms with van der Waals surface area (Å²) in [5.74, 6) is -1.01. The number of rotatable bonds is 4. The Kier molecular flexibility index (Phi) is 5.40. The molecular weight excluding hydrogens is 373 g/mol. The summed E-state index contributed by atoms with van der Waals surface area (Å²) in [4.78, 5) is -0.533. The first-order valence-electron chi connectivity index (χ1n) is 6.53. The number of phenols is 2. The van der Waals surface area contributed by atoms with Gasteiger partial charge in [0.1, 0.15) is 22.5 Å². The second kappa shape index (κ2) is 7.14. The standard InChI is InChI=1S/C16H11Cl2NO4S/c17-12-3-1-11(15(18)6-12)9-24(22,23)14(8-19)5-10-2-4-13(20)7-16(10)21/h1-7,20-21H,9H2. The molecule has 0 fully saturated rings. The number of aromatic hydroxyl groups is 2. The third kappa shape index (κ3) is 4.20. The van der Waals surface area contributed by atoms with E-state index in [4.69, 9.17) is 23.2 Å². The van der Waals surface area contributed by atoms with E-state index in [-0.39, 0.29) is 22.1 Å². The molecule has 0 aliphatic rings. The molecule has 0 spiro atoms. The summed E-state index contributed by atoms with van der Waals surface area (Å²) in [7, 11) is -3.99. The first-order valence-corrected chi connectivity index (χ1v) is 8.94. The number of sulfone groups is 1. The lowest BCUT2D eigenvalue weighted by molar-refractivity contribution is 0.450. The van der Waals surface area contributed by atoms with Gasteiger partial charge in [0.15, 0.2) is 9.84 Å². The Morgan fingerprint density at radius 2 is 1.88 bits per heavy atom. The van der Waals surface area contributed by atoms with Crippen molar-refractivity contribution in [2.45, 2.75) is 5.75 Å². The molecule has 5 nitrogen and oxygen atoms in total. The minimum atomic E-state index is -3.99. The lowest BCUT2D eigenvalue weighted by Gasteiger charge is -2.07. The van der Waals surface area contributed by atoms with Crippen LogP contribution in [0.15, 0.2) is 41.3 Å². The number of benzene rings is 2. The van der Waals surface area contributed by atoms with Crippen molar-refractivity contribution in [1.82, 2.24) is 0 Å². The largest absolute Gasteiger partial charge is 0.508 e. The van der Waals surface area contributed by atoms with E-state index >= 15 is 0 Å².